The van der Waals surface area contributed by atoms with Gasteiger partial charge in [-0.2, -0.15) is 0 Å². The molecule has 2 rings (SSSR count). The Morgan fingerprint density at radius 3 is 2.50 bits per heavy atom. The Labute approximate surface area is 108 Å². The number of hydrogen-bond acceptors (Lipinski definition) is 1. The average molecular weight is 249 g/mol. The summed E-state index contributed by atoms with van der Waals surface area (Å²) in [7, 11) is 0. The van der Waals surface area contributed by atoms with Crippen LogP contribution >= 0.6 is 0 Å². The van der Waals surface area contributed by atoms with Gasteiger partial charge in [-0.3, -0.25) is 4.79 Å². The normalized spacial score (nSPS) is 18.7. The molecular formula is C14H23N3O+2. The number of quaternary nitrogens is 2. The van der Waals surface area contributed by atoms with E-state index in [1.165, 1.54) is 5.56 Å². The zero-order valence-corrected chi connectivity index (χ0v) is 11.1. The van der Waals surface area contributed by atoms with E-state index in [4.69, 9.17) is 0 Å². The molecule has 1 aromatic rings. The molecule has 4 N–H and O–H groups in total. The third-order valence-electron chi connectivity index (χ3n) is 3.88. The van der Waals surface area contributed by atoms with E-state index in [2.05, 4.69) is 43.0 Å². The third-order valence-corrected chi connectivity index (χ3v) is 3.88. The van der Waals surface area contributed by atoms with Crippen LogP contribution in [0.3, 0.4) is 0 Å². The van der Waals surface area contributed by atoms with Gasteiger partial charge in [-0.05, 0) is 6.92 Å². The van der Waals surface area contributed by atoms with Crippen LogP contribution in [0.1, 0.15) is 18.5 Å². The van der Waals surface area contributed by atoms with Gasteiger partial charge in [0.2, 0.25) is 0 Å². The highest BCUT2D eigenvalue weighted by Crippen LogP contribution is 2.08. The minimum Gasteiger partial charge on any atom is -0.350 e. The van der Waals surface area contributed by atoms with Crippen LogP contribution in [0.15, 0.2) is 30.3 Å². The van der Waals surface area contributed by atoms with Gasteiger partial charge in [-0.1, -0.05) is 30.3 Å². The molecular weight excluding hydrogens is 226 g/mol. The molecule has 4 heteroatoms. The number of carbonyl (C=O) groups excluding carboxylic acids is 1. The average Bonchev–Trinajstić information content (AvgIpc) is 2.47. The van der Waals surface area contributed by atoms with Gasteiger partial charge in [-0.25, -0.2) is 0 Å². The summed E-state index contributed by atoms with van der Waals surface area (Å²) >= 11 is 0. The van der Waals surface area contributed by atoms with Crippen molar-refractivity contribution in [2.75, 3.05) is 32.7 Å². The second-order valence-corrected chi connectivity index (χ2v) is 4.92. The van der Waals surface area contributed by atoms with E-state index in [1.54, 1.807) is 4.90 Å². The Morgan fingerprint density at radius 2 is 1.94 bits per heavy atom. The smallest absolute Gasteiger partial charge is 0.278 e. The number of benzene rings is 1. The second kappa shape index (κ2) is 5.98. The zero-order valence-electron chi connectivity index (χ0n) is 11.1. The highest BCUT2D eigenvalue weighted by molar-refractivity contribution is 5.76. The number of nitrogens with one attached hydrogen (secondary N) is 1. The summed E-state index contributed by atoms with van der Waals surface area (Å²) in [5, 5.41) is 0. The van der Waals surface area contributed by atoms with Crippen molar-refractivity contribution in [3.05, 3.63) is 35.9 Å². The topological polar surface area (TPSA) is 52.4 Å². The van der Waals surface area contributed by atoms with Gasteiger partial charge in [0, 0.05) is 5.56 Å². The number of amides is 1. The van der Waals surface area contributed by atoms with E-state index >= 15 is 0 Å². The van der Waals surface area contributed by atoms with Gasteiger partial charge in [0.15, 0.2) is 6.54 Å². The lowest BCUT2D eigenvalue weighted by atomic mass is 10.1. The van der Waals surface area contributed by atoms with Crippen LogP contribution in [0.4, 0.5) is 0 Å². The fourth-order valence-electron chi connectivity index (χ4n) is 2.61. The minimum atomic E-state index is 0.182. The summed E-state index contributed by atoms with van der Waals surface area (Å²) in [5.74, 6) is 0.182. The molecule has 0 bridgehead atoms. The van der Waals surface area contributed by atoms with Gasteiger partial charge in [0.25, 0.3) is 5.91 Å². The first kappa shape index (κ1) is 13.1. The maximum absolute atomic E-state index is 11.6. The standard InChI is InChI=1S/C14H21N3O/c1-12(13-5-3-2-4-6-13)16-7-9-17(10-8-16)14(18)11-15/h2-6,12H,7-11,15H2,1H3/p+2/t12-/m0/s1. The highest BCUT2D eigenvalue weighted by atomic mass is 16.2. The summed E-state index contributed by atoms with van der Waals surface area (Å²) in [5.41, 5.74) is 5.04. The number of piperazine rings is 1. The molecule has 1 aromatic carbocycles. The van der Waals surface area contributed by atoms with E-state index in [0.717, 1.165) is 26.2 Å². The summed E-state index contributed by atoms with van der Waals surface area (Å²) < 4.78 is 0. The number of carbonyl (C=O) groups is 1. The van der Waals surface area contributed by atoms with E-state index in [1.807, 2.05) is 4.90 Å². The number of rotatable bonds is 3. The van der Waals surface area contributed by atoms with Crippen molar-refractivity contribution in [2.24, 2.45) is 0 Å². The molecule has 0 saturated carbocycles. The number of nitrogens with zero attached hydrogens (tertiary/aromatic N) is 1. The van der Waals surface area contributed by atoms with Crippen molar-refractivity contribution >= 4 is 5.91 Å². The van der Waals surface area contributed by atoms with Gasteiger partial charge in [0.1, 0.15) is 6.04 Å². The van der Waals surface area contributed by atoms with Crippen LogP contribution in [0, 0.1) is 0 Å². The quantitative estimate of drug-likeness (QED) is 0.688. The van der Waals surface area contributed by atoms with Crippen LogP contribution in [0.2, 0.25) is 0 Å². The van der Waals surface area contributed by atoms with Crippen LogP contribution in [-0.2, 0) is 4.79 Å². The molecule has 1 saturated heterocycles. The maximum Gasteiger partial charge on any atom is 0.278 e. The highest BCUT2D eigenvalue weighted by Gasteiger charge is 2.27. The van der Waals surface area contributed by atoms with Crippen molar-refractivity contribution in [3.8, 4) is 0 Å². The first-order chi connectivity index (χ1) is 8.72. The fraction of sp³-hybridized carbons (Fsp3) is 0.500. The summed E-state index contributed by atoms with van der Waals surface area (Å²) in [6.45, 7) is 6.43. The zero-order chi connectivity index (χ0) is 13.0. The van der Waals surface area contributed by atoms with E-state index < -0.39 is 0 Å². The molecule has 1 atom stereocenters. The van der Waals surface area contributed by atoms with Crippen molar-refractivity contribution in [1.29, 1.82) is 0 Å². The van der Waals surface area contributed by atoms with E-state index in [9.17, 15) is 4.79 Å². The lowest BCUT2D eigenvalue weighted by Crippen LogP contribution is -3.14. The van der Waals surface area contributed by atoms with Gasteiger partial charge >= 0.3 is 0 Å². The molecule has 98 valence electrons. The summed E-state index contributed by atoms with van der Waals surface area (Å²) in [6.07, 6.45) is 0. The molecule has 18 heavy (non-hydrogen) atoms. The van der Waals surface area contributed by atoms with Crippen molar-refractivity contribution in [3.63, 3.8) is 0 Å². The third kappa shape index (κ3) is 2.89. The van der Waals surface area contributed by atoms with E-state index in [0.29, 0.717) is 12.6 Å². The van der Waals surface area contributed by atoms with Crippen molar-refractivity contribution < 1.29 is 15.4 Å². The summed E-state index contributed by atoms with van der Waals surface area (Å²) in [4.78, 5) is 15.1. The van der Waals surface area contributed by atoms with Crippen molar-refractivity contribution in [1.82, 2.24) is 4.90 Å². The molecule has 1 fully saturated rings. The molecule has 1 heterocycles. The molecule has 4 nitrogen and oxygen atoms in total. The molecule has 0 aliphatic carbocycles. The Kier molecular flexibility index (Phi) is 4.33. The van der Waals surface area contributed by atoms with E-state index in [-0.39, 0.29) is 5.91 Å². The SMILES string of the molecule is C[C@@H](c1ccccc1)[NH+]1CCN(C(=O)C[NH3+])CC1. The Hall–Kier alpha value is -1.39. The number of hydrogen-bond donors (Lipinski definition) is 2. The minimum absolute atomic E-state index is 0.182. The molecule has 0 spiro atoms. The first-order valence-corrected chi connectivity index (χ1v) is 6.69. The van der Waals surface area contributed by atoms with Gasteiger partial charge in [0.05, 0.1) is 26.2 Å². The molecule has 1 aliphatic rings. The maximum atomic E-state index is 11.6. The van der Waals surface area contributed by atoms with Crippen molar-refractivity contribution in [2.45, 2.75) is 13.0 Å². The summed E-state index contributed by atoms with van der Waals surface area (Å²) in [6, 6.07) is 11.1. The fourth-order valence-corrected chi connectivity index (χ4v) is 2.61. The Balaban J connectivity index is 1.92. The van der Waals surface area contributed by atoms with Crippen LogP contribution < -0.4 is 10.6 Å². The predicted molar refractivity (Wildman–Crippen MR) is 69.9 cm³/mol. The van der Waals surface area contributed by atoms with Gasteiger partial charge in [-0.15, -0.1) is 0 Å². The lowest BCUT2D eigenvalue weighted by molar-refractivity contribution is -0.933. The van der Waals surface area contributed by atoms with Crippen LogP contribution in [0.5, 0.6) is 0 Å². The monoisotopic (exact) mass is 249 g/mol. The molecule has 1 aliphatic heterocycles. The largest absolute Gasteiger partial charge is 0.350 e. The second-order valence-electron chi connectivity index (χ2n) is 4.92. The Morgan fingerprint density at radius 1 is 1.33 bits per heavy atom. The predicted octanol–water partition coefficient (Wildman–Crippen LogP) is -1.28. The first-order valence-electron chi connectivity index (χ1n) is 6.69. The van der Waals surface area contributed by atoms with Crippen LogP contribution in [-0.4, -0.2) is 43.5 Å². The lowest BCUT2D eigenvalue weighted by Gasteiger charge is -2.35. The molecule has 1 amide bonds. The molecule has 0 aromatic heterocycles. The molecule has 0 unspecified atom stereocenters. The van der Waals surface area contributed by atoms with Crippen LogP contribution in [0.25, 0.3) is 0 Å². The van der Waals surface area contributed by atoms with Gasteiger partial charge < -0.3 is 15.5 Å². The Bertz CT molecular complexity index is 385. The molecule has 0 radical (unpaired) electrons.